The molecule has 1 fully saturated rings. The number of rotatable bonds is 6. The van der Waals surface area contributed by atoms with Gasteiger partial charge in [0.2, 0.25) is 0 Å². The highest BCUT2D eigenvalue weighted by Gasteiger charge is 2.23. The molecule has 0 saturated heterocycles. The monoisotopic (exact) mass is 227 g/mol. The number of hydrogen-bond donors (Lipinski definition) is 1. The second-order valence-electron chi connectivity index (χ2n) is 4.90. The zero-order valence-electron chi connectivity index (χ0n) is 10.6. The molecule has 1 unspecified atom stereocenters. The van der Waals surface area contributed by atoms with Gasteiger partial charge in [-0.3, -0.25) is 9.69 Å². The summed E-state index contributed by atoms with van der Waals surface area (Å²) < 4.78 is 0. The van der Waals surface area contributed by atoms with Crippen molar-refractivity contribution in [2.24, 2.45) is 0 Å². The Balaban J connectivity index is 2.41. The molecular formula is C13H25NO2. The van der Waals surface area contributed by atoms with Crippen molar-refractivity contribution in [1.82, 2.24) is 4.90 Å². The van der Waals surface area contributed by atoms with Gasteiger partial charge in [0.05, 0.1) is 0 Å². The zero-order valence-corrected chi connectivity index (χ0v) is 10.6. The first-order valence-corrected chi connectivity index (χ1v) is 6.62. The molecule has 0 heterocycles. The normalized spacial score (nSPS) is 19.9. The molecule has 94 valence electrons. The summed E-state index contributed by atoms with van der Waals surface area (Å²) in [5.74, 6) is -0.674. The molecule has 0 aromatic heterocycles. The van der Waals surface area contributed by atoms with Gasteiger partial charge in [-0.05, 0) is 32.7 Å². The number of carboxylic acids is 1. The number of nitrogens with zero attached hydrogens (tertiary/aromatic N) is 1. The van der Waals surface area contributed by atoms with Gasteiger partial charge in [-0.25, -0.2) is 0 Å². The highest BCUT2D eigenvalue weighted by Crippen LogP contribution is 2.25. The molecule has 1 aliphatic carbocycles. The van der Waals surface area contributed by atoms with Crippen molar-refractivity contribution in [3.05, 3.63) is 0 Å². The molecule has 0 radical (unpaired) electrons. The molecule has 1 atom stereocenters. The Kier molecular flexibility index (Phi) is 5.81. The molecule has 3 nitrogen and oxygen atoms in total. The van der Waals surface area contributed by atoms with Crippen molar-refractivity contribution < 1.29 is 9.90 Å². The summed E-state index contributed by atoms with van der Waals surface area (Å²) >= 11 is 0. The second-order valence-corrected chi connectivity index (χ2v) is 4.90. The summed E-state index contributed by atoms with van der Waals surface area (Å²) in [5.41, 5.74) is 0. The van der Waals surface area contributed by atoms with Crippen molar-refractivity contribution in [3.8, 4) is 0 Å². The summed E-state index contributed by atoms with van der Waals surface area (Å²) in [6, 6.07) is 1.10. The van der Waals surface area contributed by atoms with E-state index in [2.05, 4.69) is 18.7 Å². The van der Waals surface area contributed by atoms with Crippen LogP contribution in [0, 0.1) is 0 Å². The Labute approximate surface area is 98.8 Å². The Hall–Kier alpha value is -0.570. The van der Waals surface area contributed by atoms with E-state index in [4.69, 9.17) is 5.11 Å². The lowest BCUT2D eigenvalue weighted by Gasteiger charge is -2.37. The zero-order chi connectivity index (χ0) is 12.0. The van der Waals surface area contributed by atoms with Crippen molar-refractivity contribution in [2.45, 2.75) is 70.9 Å². The maximum absolute atomic E-state index is 10.6. The molecule has 0 amide bonds. The lowest BCUT2D eigenvalue weighted by atomic mass is 9.92. The minimum atomic E-state index is -0.674. The van der Waals surface area contributed by atoms with Gasteiger partial charge >= 0.3 is 5.97 Å². The highest BCUT2D eigenvalue weighted by atomic mass is 16.4. The molecule has 0 aromatic carbocycles. The molecule has 1 saturated carbocycles. The fourth-order valence-corrected chi connectivity index (χ4v) is 2.84. The van der Waals surface area contributed by atoms with Crippen molar-refractivity contribution in [1.29, 1.82) is 0 Å². The van der Waals surface area contributed by atoms with Gasteiger partial charge in [-0.1, -0.05) is 26.2 Å². The predicted octanol–water partition coefficient (Wildman–Crippen LogP) is 2.89. The van der Waals surface area contributed by atoms with Crippen LogP contribution in [0.2, 0.25) is 0 Å². The van der Waals surface area contributed by atoms with Crippen LogP contribution in [0.3, 0.4) is 0 Å². The maximum atomic E-state index is 10.6. The van der Waals surface area contributed by atoms with Crippen LogP contribution in [-0.2, 0) is 4.79 Å². The fraction of sp³-hybridized carbons (Fsp3) is 0.923. The van der Waals surface area contributed by atoms with Crippen molar-refractivity contribution in [3.63, 3.8) is 0 Å². The van der Waals surface area contributed by atoms with E-state index >= 15 is 0 Å². The first-order valence-electron chi connectivity index (χ1n) is 6.62. The molecule has 0 bridgehead atoms. The Morgan fingerprint density at radius 3 is 2.50 bits per heavy atom. The van der Waals surface area contributed by atoms with Gasteiger partial charge in [0.1, 0.15) is 0 Å². The van der Waals surface area contributed by atoms with E-state index in [1.54, 1.807) is 0 Å². The first-order chi connectivity index (χ1) is 7.65. The third-order valence-corrected chi connectivity index (χ3v) is 3.75. The molecule has 1 N–H and O–H groups in total. The number of carbonyl (C=O) groups is 1. The number of carboxylic acid groups (broad SMARTS) is 1. The smallest absolute Gasteiger partial charge is 0.303 e. The number of hydrogen-bond acceptors (Lipinski definition) is 2. The van der Waals surface area contributed by atoms with E-state index in [-0.39, 0.29) is 0 Å². The van der Waals surface area contributed by atoms with E-state index in [1.807, 2.05) is 0 Å². The quantitative estimate of drug-likeness (QED) is 0.758. The van der Waals surface area contributed by atoms with Gasteiger partial charge in [0, 0.05) is 18.5 Å². The van der Waals surface area contributed by atoms with Crippen LogP contribution in [-0.4, -0.2) is 34.6 Å². The van der Waals surface area contributed by atoms with Crippen LogP contribution >= 0.6 is 0 Å². The lowest BCUT2D eigenvalue weighted by Crippen LogP contribution is -2.42. The van der Waals surface area contributed by atoms with E-state index in [0.717, 1.165) is 13.0 Å². The summed E-state index contributed by atoms with van der Waals surface area (Å²) in [7, 11) is 0. The Bertz CT molecular complexity index is 212. The third-order valence-electron chi connectivity index (χ3n) is 3.75. The van der Waals surface area contributed by atoms with Gasteiger partial charge in [-0.2, -0.15) is 0 Å². The summed E-state index contributed by atoms with van der Waals surface area (Å²) in [4.78, 5) is 13.1. The molecule has 16 heavy (non-hydrogen) atoms. The molecule has 1 rings (SSSR count). The second kappa shape index (κ2) is 6.89. The summed E-state index contributed by atoms with van der Waals surface area (Å²) in [5, 5.41) is 8.71. The average molecular weight is 227 g/mol. The maximum Gasteiger partial charge on any atom is 0.303 e. The van der Waals surface area contributed by atoms with Gasteiger partial charge in [-0.15, -0.1) is 0 Å². The van der Waals surface area contributed by atoms with Crippen molar-refractivity contribution >= 4 is 5.97 Å². The predicted molar refractivity (Wildman–Crippen MR) is 65.6 cm³/mol. The molecule has 0 aliphatic heterocycles. The van der Waals surface area contributed by atoms with E-state index in [1.165, 1.54) is 32.1 Å². The van der Waals surface area contributed by atoms with Gasteiger partial charge < -0.3 is 5.11 Å². The van der Waals surface area contributed by atoms with Gasteiger partial charge in [0.15, 0.2) is 0 Å². The Morgan fingerprint density at radius 2 is 2.00 bits per heavy atom. The highest BCUT2D eigenvalue weighted by molar-refractivity contribution is 5.66. The lowest BCUT2D eigenvalue weighted by molar-refractivity contribution is -0.137. The first kappa shape index (κ1) is 13.5. The standard InChI is InChI=1S/C13H25NO2/c1-3-14(11(2)9-10-13(15)16)12-7-5-4-6-8-12/h11-12H,3-10H2,1-2H3,(H,15,16). The molecule has 0 spiro atoms. The van der Waals surface area contributed by atoms with Crippen LogP contribution in [0.15, 0.2) is 0 Å². The van der Waals surface area contributed by atoms with Crippen LogP contribution in [0.4, 0.5) is 0 Å². The molecule has 3 heteroatoms. The third kappa shape index (κ3) is 4.12. The minimum absolute atomic E-state index is 0.296. The van der Waals surface area contributed by atoms with Crippen LogP contribution in [0.25, 0.3) is 0 Å². The summed E-state index contributed by atoms with van der Waals surface area (Å²) in [6.45, 7) is 5.40. The van der Waals surface area contributed by atoms with E-state index in [9.17, 15) is 4.79 Å². The molecule has 1 aliphatic rings. The Morgan fingerprint density at radius 1 is 1.38 bits per heavy atom. The summed E-state index contributed by atoms with van der Waals surface area (Å²) in [6.07, 6.45) is 7.72. The van der Waals surface area contributed by atoms with Crippen LogP contribution in [0.5, 0.6) is 0 Å². The van der Waals surface area contributed by atoms with Crippen LogP contribution < -0.4 is 0 Å². The SMILES string of the molecule is CCN(C(C)CCC(=O)O)C1CCCCC1. The fourth-order valence-electron chi connectivity index (χ4n) is 2.84. The van der Waals surface area contributed by atoms with Crippen LogP contribution in [0.1, 0.15) is 58.8 Å². The van der Waals surface area contributed by atoms with Crippen molar-refractivity contribution in [2.75, 3.05) is 6.54 Å². The largest absolute Gasteiger partial charge is 0.481 e. The van der Waals surface area contributed by atoms with Gasteiger partial charge in [0.25, 0.3) is 0 Å². The molecular weight excluding hydrogens is 202 g/mol. The average Bonchev–Trinajstić information content (AvgIpc) is 2.29. The topological polar surface area (TPSA) is 40.5 Å². The number of aliphatic carboxylic acids is 1. The van der Waals surface area contributed by atoms with E-state index in [0.29, 0.717) is 18.5 Å². The van der Waals surface area contributed by atoms with E-state index < -0.39 is 5.97 Å². The molecule has 0 aromatic rings. The minimum Gasteiger partial charge on any atom is -0.481 e.